The van der Waals surface area contributed by atoms with Gasteiger partial charge in [-0.05, 0) is 32.0 Å². The fourth-order valence-corrected chi connectivity index (χ4v) is 1.63. The quantitative estimate of drug-likeness (QED) is 0.684. The number of rotatable bonds is 6. The molecule has 0 bridgehead atoms. The molecule has 0 atom stereocenters. The van der Waals surface area contributed by atoms with Crippen LogP contribution in [0.4, 0.5) is 0 Å². The van der Waals surface area contributed by atoms with Gasteiger partial charge in [0.2, 0.25) is 0 Å². The van der Waals surface area contributed by atoms with Crippen molar-refractivity contribution >= 4 is 6.29 Å². The number of carbonyl (C=O) groups is 1. The molecule has 0 saturated heterocycles. The largest absolute Gasteiger partial charge is 0.496 e. The molecule has 1 aromatic rings. The second-order valence-corrected chi connectivity index (χ2v) is 3.99. The van der Waals surface area contributed by atoms with Crippen molar-refractivity contribution in [2.75, 3.05) is 27.2 Å². The summed E-state index contributed by atoms with van der Waals surface area (Å²) in [6.45, 7) is 3.41. The highest BCUT2D eigenvalue weighted by atomic mass is 16.5. The number of carbonyl (C=O) groups excluding carboxylic acids is 1. The zero-order valence-electron chi connectivity index (χ0n) is 10.2. The van der Waals surface area contributed by atoms with Crippen molar-refractivity contribution < 1.29 is 9.53 Å². The Morgan fingerprint density at radius 1 is 1.44 bits per heavy atom. The third-order valence-electron chi connectivity index (χ3n) is 2.58. The van der Waals surface area contributed by atoms with Crippen molar-refractivity contribution in [1.29, 1.82) is 0 Å². The maximum absolute atomic E-state index is 10.3. The molecule has 3 nitrogen and oxygen atoms in total. The summed E-state index contributed by atoms with van der Waals surface area (Å²) in [6, 6.07) is 6.16. The molecule has 0 aliphatic rings. The zero-order valence-corrected chi connectivity index (χ0v) is 10.2. The first-order valence-corrected chi connectivity index (χ1v) is 5.43. The summed E-state index contributed by atoms with van der Waals surface area (Å²) in [4.78, 5) is 12.3. The van der Waals surface area contributed by atoms with E-state index in [9.17, 15) is 4.79 Å². The van der Waals surface area contributed by atoms with Gasteiger partial charge in [-0.2, -0.15) is 0 Å². The molecule has 0 heterocycles. The molecule has 0 amide bonds. The predicted molar refractivity (Wildman–Crippen MR) is 65.0 cm³/mol. The summed E-state index contributed by atoms with van der Waals surface area (Å²) in [5.74, 6) is 0.921. The Morgan fingerprint density at radius 2 is 2.19 bits per heavy atom. The van der Waals surface area contributed by atoms with E-state index < -0.39 is 0 Å². The fourth-order valence-electron chi connectivity index (χ4n) is 1.63. The van der Waals surface area contributed by atoms with Crippen LogP contribution in [0.3, 0.4) is 0 Å². The summed E-state index contributed by atoms with van der Waals surface area (Å²) < 4.78 is 5.30. The number of methoxy groups -OCH3 is 1. The molecule has 0 aliphatic carbocycles. The van der Waals surface area contributed by atoms with E-state index in [1.54, 1.807) is 7.11 Å². The molecular formula is C13H19NO2. The van der Waals surface area contributed by atoms with Gasteiger partial charge in [0.15, 0.2) is 0 Å². The molecular weight excluding hydrogens is 202 g/mol. The van der Waals surface area contributed by atoms with E-state index in [0.29, 0.717) is 6.54 Å². The number of likely N-dealkylation sites (N-methyl/N-ethyl adjacent to an activating group) is 1. The third-order valence-corrected chi connectivity index (χ3v) is 2.58. The second-order valence-electron chi connectivity index (χ2n) is 3.99. The highest BCUT2D eigenvalue weighted by Crippen LogP contribution is 2.20. The van der Waals surface area contributed by atoms with Gasteiger partial charge in [0, 0.05) is 6.54 Å². The predicted octanol–water partition coefficient (Wildman–Crippen LogP) is 1.68. The summed E-state index contributed by atoms with van der Waals surface area (Å²) in [7, 11) is 3.62. The number of nitrogens with zero attached hydrogens (tertiary/aromatic N) is 1. The van der Waals surface area contributed by atoms with Gasteiger partial charge in [-0.3, -0.25) is 4.90 Å². The summed E-state index contributed by atoms with van der Waals surface area (Å²) >= 11 is 0. The van der Waals surface area contributed by atoms with Crippen LogP contribution < -0.4 is 4.74 Å². The number of hydrogen-bond donors (Lipinski definition) is 0. The van der Waals surface area contributed by atoms with Crippen LogP contribution in [0.15, 0.2) is 18.2 Å². The first-order valence-electron chi connectivity index (χ1n) is 5.43. The van der Waals surface area contributed by atoms with Crippen LogP contribution in [0.1, 0.15) is 11.1 Å². The molecule has 0 aromatic heterocycles. The Hall–Kier alpha value is -1.35. The van der Waals surface area contributed by atoms with Crippen molar-refractivity contribution in [3.05, 3.63) is 29.3 Å². The van der Waals surface area contributed by atoms with E-state index in [0.717, 1.165) is 25.0 Å². The number of hydrogen-bond acceptors (Lipinski definition) is 3. The van der Waals surface area contributed by atoms with Crippen LogP contribution in [-0.2, 0) is 11.2 Å². The molecule has 1 aromatic carbocycles. The third kappa shape index (κ3) is 3.66. The van der Waals surface area contributed by atoms with Gasteiger partial charge in [-0.15, -0.1) is 0 Å². The summed E-state index contributed by atoms with van der Waals surface area (Å²) in [5.41, 5.74) is 2.43. The van der Waals surface area contributed by atoms with Crippen molar-refractivity contribution in [2.24, 2.45) is 0 Å². The summed E-state index contributed by atoms with van der Waals surface area (Å²) in [5, 5.41) is 0. The maximum Gasteiger partial charge on any atom is 0.133 e. The van der Waals surface area contributed by atoms with Gasteiger partial charge >= 0.3 is 0 Å². The number of aldehydes is 1. The molecule has 0 unspecified atom stereocenters. The smallest absolute Gasteiger partial charge is 0.133 e. The number of benzene rings is 1. The Labute approximate surface area is 97.0 Å². The van der Waals surface area contributed by atoms with E-state index in [-0.39, 0.29) is 0 Å². The Morgan fingerprint density at radius 3 is 2.81 bits per heavy atom. The van der Waals surface area contributed by atoms with E-state index >= 15 is 0 Å². The molecule has 16 heavy (non-hydrogen) atoms. The van der Waals surface area contributed by atoms with Crippen LogP contribution in [0.2, 0.25) is 0 Å². The molecule has 0 spiro atoms. The Balaban J connectivity index is 2.64. The average Bonchev–Trinajstić information content (AvgIpc) is 2.27. The minimum Gasteiger partial charge on any atom is -0.496 e. The summed E-state index contributed by atoms with van der Waals surface area (Å²) in [6.07, 6.45) is 1.82. The number of aryl methyl sites for hydroxylation is 1. The SMILES string of the molecule is COc1ccc(C)cc1CCN(C)CC=O. The van der Waals surface area contributed by atoms with Crippen LogP contribution >= 0.6 is 0 Å². The second kappa shape index (κ2) is 6.28. The minimum absolute atomic E-state index is 0.480. The first kappa shape index (κ1) is 12.7. The lowest BCUT2D eigenvalue weighted by molar-refractivity contribution is -0.108. The van der Waals surface area contributed by atoms with E-state index in [1.165, 1.54) is 11.1 Å². The monoisotopic (exact) mass is 221 g/mol. The first-order chi connectivity index (χ1) is 7.67. The van der Waals surface area contributed by atoms with E-state index in [2.05, 4.69) is 13.0 Å². The van der Waals surface area contributed by atoms with E-state index in [1.807, 2.05) is 24.1 Å². The van der Waals surface area contributed by atoms with Gasteiger partial charge in [0.05, 0.1) is 13.7 Å². The lowest BCUT2D eigenvalue weighted by Gasteiger charge is -2.15. The lowest BCUT2D eigenvalue weighted by Crippen LogP contribution is -2.23. The molecule has 0 fully saturated rings. The van der Waals surface area contributed by atoms with Crippen molar-refractivity contribution in [1.82, 2.24) is 4.90 Å². The Kier molecular flexibility index (Phi) is 4.99. The van der Waals surface area contributed by atoms with Gasteiger partial charge in [0.25, 0.3) is 0 Å². The lowest BCUT2D eigenvalue weighted by atomic mass is 10.1. The van der Waals surface area contributed by atoms with Crippen LogP contribution in [0.25, 0.3) is 0 Å². The van der Waals surface area contributed by atoms with Gasteiger partial charge in [-0.1, -0.05) is 17.7 Å². The topological polar surface area (TPSA) is 29.5 Å². The molecule has 1 rings (SSSR count). The van der Waals surface area contributed by atoms with Crippen LogP contribution in [0, 0.1) is 6.92 Å². The molecule has 0 aliphatic heterocycles. The van der Waals surface area contributed by atoms with Crippen molar-refractivity contribution in [2.45, 2.75) is 13.3 Å². The van der Waals surface area contributed by atoms with Gasteiger partial charge in [-0.25, -0.2) is 0 Å². The standard InChI is InChI=1S/C13H19NO2/c1-11-4-5-13(16-3)12(10-11)6-7-14(2)8-9-15/h4-5,9-10H,6-8H2,1-3H3. The van der Waals surface area contributed by atoms with Crippen LogP contribution in [-0.4, -0.2) is 38.4 Å². The molecule has 0 radical (unpaired) electrons. The highest BCUT2D eigenvalue weighted by molar-refractivity contribution is 5.51. The maximum atomic E-state index is 10.3. The molecule has 0 N–H and O–H groups in total. The normalized spacial score (nSPS) is 10.5. The minimum atomic E-state index is 0.480. The zero-order chi connectivity index (χ0) is 12.0. The molecule has 88 valence electrons. The van der Waals surface area contributed by atoms with Gasteiger partial charge in [0.1, 0.15) is 12.0 Å². The molecule has 3 heteroatoms. The van der Waals surface area contributed by atoms with E-state index in [4.69, 9.17) is 4.74 Å². The average molecular weight is 221 g/mol. The number of ether oxygens (including phenoxy) is 1. The highest BCUT2D eigenvalue weighted by Gasteiger charge is 2.04. The van der Waals surface area contributed by atoms with Crippen LogP contribution in [0.5, 0.6) is 5.75 Å². The fraction of sp³-hybridized carbons (Fsp3) is 0.462. The van der Waals surface area contributed by atoms with Crippen molar-refractivity contribution in [3.63, 3.8) is 0 Å². The Bertz CT molecular complexity index is 350. The molecule has 0 saturated carbocycles. The van der Waals surface area contributed by atoms with Crippen molar-refractivity contribution in [3.8, 4) is 5.75 Å². The van der Waals surface area contributed by atoms with Gasteiger partial charge < -0.3 is 9.53 Å².